The second kappa shape index (κ2) is 14.2. The van der Waals surface area contributed by atoms with Crippen molar-refractivity contribution in [2.75, 3.05) is 23.7 Å². The highest BCUT2D eigenvalue weighted by molar-refractivity contribution is 7.92. The minimum Gasteiger partial charge on any atom is -0.354 e. The van der Waals surface area contributed by atoms with Gasteiger partial charge < -0.3 is 10.2 Å². The van der Waals surface area contributed by atoms with E-state index in [0.29, 0.717) is 39.2 Å². The molecule has 0 bridgehead atoms. The first-order valence-electron chi connectivity index (χ1n) is 12.7. The maximum Gasteiger partial charge on any atom is 0.244 e. The van der Waals surface area contributed by atoms with E-state index in [1.165, 1.54) is 11.0 Å². The van der Waals surface area contributed by atoms with Crippen LogP contribution in [-0.4, -0.2) is 50.5 Å². The molecule has 0 saturated heterocycles. The van der Waals surface area contributed by atoms with E-state index < -0.39 is 28.5 Å². The van der Waals surface area contributed by atoms with Gasteiger partial charge in [-0.2, -0.15) is 0 Å². The zero-order valence-corrected chi connectivity index (χ0v) is 25.6. The summed E-state index contributed by atoms with van der Waals surface area (Å²) in [6.07, 6.45) is 1.96. The second-order valence-corrected chi connectivity index (χ2v) is 12.6. The molecule has 3 aromatic carbocycles. The lowest BCUT2D eigenvalue weighted by atomic mass is 10.0. The molecule has 0 saturated carbocycles. The van der Waals surface area contributed by atoms with Crippen molar-refractivity contribution in [1.29, 1.82) is 0 Å². The van der Waals surface area contributed by atoms with Gasteiger partial charge in [0.05, 0.1) is 22.0 Å². The van der Waals surface area contributed by atoms with E-state index in [1.54, 1.807) is 37.3 Å². The summed E-state index contributed by atoms with van der Waals surface area (Å²) in [4.78, 5) is 29.0. The minimum atomic E-state index is -3.90. The highest BCUT2D eigenvalue weighted by atomic mass is 35.5. The lowest BCUT2D eigenvalue weighted by Crippen LogP contribution is -2.53. The summed E-state index contributed by atoms with van der Waals surface area (Å²) in [5, 5.41) is 3.88. The third kappa shape index (κ3) is 8.61. The van der Waals surface area contributed by atoms with Gasteiger partial charge in [0.15, 0.2) is 0 Å². The van der Waals surface area contributed by atoms with E-state index in [9.17, 15) is 18.0 Å². The van der Waals surface area contributed by atoms with E-state index in [0.717, 1.165) is 16.1 Å². The van der Waals surface area contributed by atoms with Gasteiger partial charge in [-0.25, -0.2) is 8.42 Å². The number of nitrogens with one attached hydrogen (secondary N) is 1. The molecule has 0 aliphatic heterocycles. The molecule has 1 atom stereocenters. The number of carbonyl (C=O) groups excluding carboxylic acids is 2. The Balaban J connectivity index is 2.09. The van der Waals surface area contributed by atoms with Gasteiger partial charge in [0.25, 0.3) is 0 Å². The monoisotopic (exact) mass is 623 g/mol. The molecule has 214 valence electrons. The van der Waals surface area contributed by atoms with Crippen molar-refractivity contribution in [3.05, 3.63) is 98.5 Å². The van der Waals surface area contributed by atoms with Gasteiger partial charge in [-0.05, 0) is 54.3 Å². The number of nitrogens with zero attached hydrogens (tertiary/aromatic N) is 2. The van der Waals surface area contributed by atoms with Gasteiger partial charge in [-0.1, -0.05) is 84.2 Å². The van der Waals surface area contributed by atoms with Gasteiger partial charge in [0.1, 0.15) is 12.6 Å². The molecule has 40 heavy (non-hydrogen) atoms. The Hall–Kier alpha value is -2.78. The van der Waals surface area contributed by atoms with Gasteiger partial charge in [-0.3, -0.25) is 13.9 Å². The first kappa shape index (κ1) is 31.7. The lowest BCUT2D eigenvalue weighted by molar-refractivity contribution is -0.140. The predicted molar refractivity (Wildman–Crippen MR) is 163 cm³/mol. The molecule has 1 N–H and O–H groups in total. The smallest absolute Gasteiger partial charge is 0.244 e. The standard InChI is InChI=1S/C29H32Cl3N3O4S/c1-4-14-33-29(37)27(16-21-8-6-5-7-9-21)34(18-22-11-13-24(31)25(32)15-22)28(36)19-35(40(3,38)39)26-17-23(30)12-10-20(26)2/h5-13,15,17,27H,4,14,16,18-19H2,1-3H3,(H,33,37)/t27-/m0/s1. The molecular formula is C29H32Cl3N3O4S. The molecule has 3 aromatic rings. The lowest BCUT2D eigenvalue weighted by Gasteiger charge is -2.34. The Morgan fingerprint density at radius 1 is 0.925 bits per heavy atom. The number of aryl methyl sites for hydroxylation is 1. The molecule has 0 aliphatic carbocycles. The molecule has 0 aliphatic rings. The molecular weight excluding hydrogens is 593 g/mol. The van der Waals surface area contributed by atoms with Crippen LogP contribution in [0.2, 0.25) is 15.1 Å². The van der Waals surface area contributed by atoms with Gasteiger partial charge in [-0.15, -0.1) is 0 Å². The fraction of sp³-hybridized carbons (Fsp3) is 0.310. The van der Waals surface area contributed by atoms with Crippen LogP contribution in [0.4, 0.5) is 5.69 Å². The first-order valence-corrected chi connectivity index (χ1v) is 15.7. The van der Waals surface area contributed by atoms with E-state index >= 15 is 0 Å². The number of benzene rings is 3. The van der Waals surface area contributed by atoms with Gasteiger partial charge in [0, 0.05) is 24.5 Å². The van der Waals surface area contributed by atoms with Crippen LogP contribution >= 0.6 is 34.8 Å². The Morgan fingerprint density at radius 3 is 2.25 bits per heavy atom. The molecule has 2 amide bonds. The molecule has 7 nitrogen and oxygen atoms in total. The number of hydrogen-bond donors (Lipinski definition) is 1. The fourth-order valence-corrected chi connectivity index (χ4v) is 5.59. The number of halogens is 3. The van der Waals surface area contributed by atoms with Gasteiger partial charge in [0.2, 0.25) is 21.8 Å². The van der Waals surface area contributed by atoms with E-state index in [1.807, 2.05) is 37.3 Å². The summed E-state index contributed by atoms with van der Waals surface area (Å²) >= 11 is 18.6. The number of hydrogen-bond acceptors (Lipinski definition) is 4. The Labute approximate surface area is 251 Å². The molecule has 0 spiro atoms. The number of sulfonamides is 1. The van der Waals surface area contributed by atoms with Gasteiger partial charge >= 0.3 is 0 Å². The van der Waals surface area contributed by atoms with Crippen molar-refractivity contribution >= 4 is 62.3 Å². The molecule has 0 heterocycles. The van der Waals surface area contributed by atoms with Crippen LogP contribution in [0.5, 0.6) is 0 Å². The predicted octanol–water partition coefficient (Wildman–Crippen LogP) is 5.89. The van der Waals surface area contributed by atoms with Crippen molar-refractivity contribution in [3.63, 3.8) is 0 Å². The average molecular weight is 625 g/mol. The average Bonchev–Trinajstić information content (AvgIpc) is 2.91. The summed E-state index contributed by atoms with van der Waals surface area (Å²) in [6, 6.07) is 18.2. The molecule has 0 radical (unpaired) electrons. The highest BCUT2D eigenvalue weighted by Gasteiger charge is 2.33. The maximum absolute atomic E-state index is 14.1. The Morgan fingerprint density at radius 2 is 1.62 bits per heavy atom. The van der Waals surface area contributed by atoms with Crippen molar-refractivity contribution in [2.45, 2.75) is 39.3 Å². The van der Waals surface area contributed by atoms with Crippen molar-refractivity contribution in [3.8, 4) is 0 Å². The number of anilines is 1. The number of amides is 2. The Bertz CT molecular complexity index is 1450. The summed E-state index contributed by atoms with van der Waals surface area (Å²) < 4.78 is 26.9. The third-order valence-electron chi connectivity index (χ3n) is 6.28. The maximum atomic E-state index is 14.1. The van der Waals surface area contributed by atoms with Crippen LogP contribution in [0.3, 0.4) is 0 Å². The quantitative estimate of drug-likeness (QED) is 0.272. The van der Waals surface area contributed by atoms with Crippen LogP contribution < -0.4 is 9.62 Å². The van der Waals surface area contributed by atoms with Crippen molar-refractivity contribution < 1.29 is 18.0 Å². The largest absolute Gasteiger partial charge is 0.354 e. The van der Waals surface area contributed by atoms with Crippen LogP contribution in [0.1, 0.15) is 30.0 Å². The summed E-state index contributed by atoms with van der Waals surface area (Å²) in [5.41, 5.74) is 2.39. The van der Waals surface area contributed by atoms with Crippen molar-refractivity contribution in [2.24, 2.45) is 0 Å². The normalized spacial score (nSPS) is 12.1. The molecule has 3 rings (SSSR count). The topological polar surface area (TPSA) is 86.8 Å². The summed E-state index contributed by atoms with van der Waals surface area (Å²) in [7, 11) is -3.90. The van der Waals surface area contributed by atoms with Crippen molar-refractivity contribution in [1.82, 2.24) is 10.2 Å². The molecule has 0 unspecified atom stereocenters. The summed E-state index contributed by atoms with van der Waals surface area (Å²) in [6.45, 7) is 3.56. The van der Waals surface area contributed by atoms with E-state index in [-0.39, 0.29) is 24.6 Å². The fourth-order valence-electron chi connectivity index (χ4n) is 4.20. The van der Waals surface area contributed by atoms with Crippen LogP contribution in [0, 0.1) is 6.92 Å². The highest BCUT2D eigenvalue weighted by Crippen LogP contribution is 2.28. The van der Waals surface area contributed by atoms with E-state index in [4.69, 9.17) is 34.8 Å². The van der Waals surface area contributed by atoms with Crippen LogP contribution in [0.15, 0.2) is 66.7 Å². The number of carbonyl (C=O) groups is 2. The SMILES string of the molecule is CCCNC(=O)[C@H](Cc1ccccc1)N(Cc1ccc(Cl)c(Cl)c1)C(=O)CN(c1cc(Cl)ccc1C)S(C)(=O)=O. The zero-order valence-electron chi connectivity index (χ0n) is 22.5. The first-order chi connectivity index (χ1) is 18.9. The van der Waals surface area contributed by atoms with Crippen LogP contribution in [0.25, 0.3) is 0 Å². The molecule has 0 fully saturated rings. The number of rotatable bonds is 12. The Kier molecular flexibility index (Phi) is 11.3. The van der Waals surface area contributed by atoms with E-state index in [2.05, 4.69) is 5.32 Å². The summed E-state index contributed by atoms with van der Waals surface area (Å²) in [5.74, 6) is -0.910. The molecule has 11 heteroatoms. The van der Waals surface area contributed by atoms with Crippen LogP contribution in [-0.2, 0) is 32.6 Å². The minimum absolute atomic E-state index is 0.00109. The molecule has 0 aromatic heterocycles. The second-order valence-electron chi connectivity index (χ2n) is 9.47. The zero-order chi connectivity index (χ0) is 29.4. The third-order valence-corrected chi connectivity index (χ3v) is 8.38.